The average Bonchev–Trinajstić information content (AvgIpc) is 2.48. The van der Waals surface area contributed by atoms with Crippen LogP contribution in [0.15, 0.2) is 41.0 Å². The van der Waals surface area contributed by atoms with Crippen LogP contribution in [-0.4, -0.2) is 25.8 Å². The van der Waals surface area contributed by atoms with Gasteiger partial charge in [0.25, 0.3) is 5.79 Å². The van der Waals surface area contributed by atoms with E-state index in [4.69, 9.17) is 9.47 Å². The van der Waals surface area contributed by atoms with E-state index in [9.17, 15) is 4.79 Å². The molecule has 0 spiro atoms. The molecule has 2 atom stereocenters. The number of ether oxygens (including phenoxy) is 2. The Labute approximate surface area is 130 Å². The number of Topliss-reactive ketones (excluding diaryl/α,β-unsaturated/α-hetero) is 1. The van der Waals surface area contributed by atoms with Crippen molar-refractivity contribution in [2.75, 3.05) is 14.2 Å². The van der Waals surface area contributed by atoms with Crippen molar-refractivity contribution in [1.29, 1.82) is 0 Å². The Balaban J connectivity index is 1.99. The molecule has 0 amide bonds. The molecule has 3 aliphatic carbocycles. The number of rotatable bonds is 2. The molecule has 3 heteroatoms. The summed E-state index contributed by atoms with van der Waals surface area (Å²) in [6.45, 7) is 4.29. The smallest absolute Gasteiger partial charge is 0.258 e. The molecule has 0 N–H and O–H groups in total. The highest BCUT2D eigenvalue weighted by Gasteiger charge is 2.64. The van der Waals surface area contributed by atoms with Crippen LogP contribution in [-0.2, 0) is 14.3 Å². The molecule has 4 rings (SSSR count). The second-order valence-electron chi connectivity index (χ2n) is 6.54. The molecule has 0 saturated heterocycles. The highest BCUT2D eigenvalue weighted by molar-refractivity contribution is 6.34. The summed E-state index contributed by atoms with van der Waals surface area (Å²) < 4.78 is 11.1. The third kappa shape index (κ3) is 1.37. The lowest BCUT2D eigenvalue weighted by molar-refractivity contribution is -0.195. The number of allylic oxidation sites excluding steroid dienone is 2. The summed E-state index contributed by atoms with van der Waals surface area (Å²) in [6, 6.07) is 8.27. The molecule has 1 aromatic carbocycles. The van der Waals surface area contributed by atoms with Gasteiger partial charge < -0.3 is 9.47 Å². The molecule has 1 aromatic rings. The van der Waals surface area contributed by atoms with Crippen LogP contribution in [0.4, 0.5) is 0 Å². The maximum absolute atomic E-state index is 12.8. The van der Waals surface area contributed by atoms with E-state index in [2.05, 4.69) is 32.0 Å². The molecule has 22 heavy (non-hydrogen) atoms. The molecule has 1 saturated carbocycles. The number of benzene rings is 1. The molecular weight excluding hydrogens is 276 g/mol. The number of hydrogen-bond acceptors (Lipinski definition) is 3. The number of hydrogen-bond donors (Lipinski definition) is 0. The zero-order valence-electron chi connectivity index (χ0n) is 13.4. The van der Waals surface area contributed by atoms with Gasteiger partial charge in [-0.1, -0.05) is 35.4 Å². The lowest BCUT2D eigenvalue weighted by Crippen LogP contribution is -2.59. The first-order valence-corrected chi connectivity index (χ1v) is 7.72. The Morgan fingerprint density at radius 1 is 1.18 bits per heavy atom. The van der Waals surface area contributed by atoms with Crippen molar-refractivity contribution in [1.82, 2.24) is 0 Å². The van der Waals surface area contributed by atoms with Crippen molar-refractivity contribution in [3.8, 4) is 0 Å². The lowest BCUT2D eigenvalue weighted by Gasteiger charge is -2.55. The van der Waals surface area contributed by atoms with E-state index in [0.29, 0.717) is 5.92 Å². The summed E-state index contributed by atoms with van der Waals surface area (Å²) in [6.07, 6.45) is 1.07. The van der Waals surface area contributed by atoms with Gasteiger partial charge in [0.2, 0.25) is 5.78 Å². The standard InChI is InChI=1S/C19H20O3/c1-10(2)13-9-14-11-7-5-6-8-12(11)16-17(15(13)14)19(21-3,22-4)18(16)20/h5-8,14-15H,9H2,1-4H3. The molecule has 0 aliphatic heterocycles. The largest absolute Gasteiger partial charge is 0.343 e. The summed E-state index contributed by atoms with van der Waals surface area (Å²) in [7, 11) is 3.11. The highest BCUT2D eigenvalue weighted by atomic mass is 16.7. The van der Waals surface area contributed by atoms with E-state index in [-0.39, 0.29) is 11.7 Å². The van der Waals surface area contributed by atoms with Crippen LogP contribution in [0.1, 0.15) is 37.3 Å². The average molecular weight is 296 g/mol. The van der Waals surface area contributed by atoms with E-state index in [1.165, 1.54) is 16.7 Å². The Morgan fingerprint density at radius 2 is 1.86 bits per heavy atom. The summed E-state index contributed by atoms with van der Waals surface area (Å²) in [5.41, 5.74) is 6.99. The summed E-state index contributed by atoms with van der Waals surface area (Å²) >= 11 is 0. The zero-order valence-corrected chi connectivity index (χ0v) is 13.4. The first kappa shape index (κ1) is 13.9. The van der Waals surface area contributed by atoms with Crippen LogP contribution in [0.2, 0.25) is 0 Å². The minimum Gasteiger partial charge on any atom is -0.343 e. The van der Waals surface area contributed by atoms with Gasteiger partial charge in [0.05, 0.1) is 0 Å². The van der Waals surface area contributed by atoms with Gasteiger partial charge in [-0.25, -0.2) is 0 Å². The fourth-order valence-corrected chi connectivity index (χ4v) is 4.42. The SMILES string of the molecule is COC1(OC)C(=O)C2=C1C1C(=C(C)C)CC1c1ccccc12. The second kappa shape index (κ2) is 4.40. The van der Waals surface area contributed by atoms with Gasteiger partial charge >= 0.3 is 0 Å². The minimum atomic E-state index is -1.17. The third-order valence-corrected chi connectivity index (χ3v) is 5.53. The van der Waals surface area contributed by atoms with Crippen molar-refractivity contribution in [2.45, 2.75) is 32.0 Å². The summed E-state index contributed by atoms with van der Waals surface area (Å²) in [5.74, 6) is -0.518. The van der Waals surface area contributed by atoms with Gasteiger partial charge in [0.1, 0.15) is 0 Å². The van der Waals surface area contributed by atoms with Crippen LogP contribution in [0.5, 0.6) is 0 Å². The predicted molar refractivity (Wildman–Crippen MR) is 84.3 cm³/mol. The quantitative estimate of drug-likeness (QED) is 0.619. The van der Waals surface area contributed by atoms with Gasteiger partial charge in [-0.05, 0) is 37.3 Å². The fourth-order valence-electron chi connectivity index (χ4n) is 4.42. The van der Waals surface area contributed by atoms with Crippen LogP contribution >= 0.6 is 0 Å². The van der Waals surface area contributed by atoms with Gasteiger partial charge in [0.15, 0.2) is 0 Å². The van der Waals surface area contributed by atoms with Crippen LogP contribution in [0.3, 0.4) is 0 Å². The highest BCUT2D eigenvalue weighted by Crippen LogP contribution is 2.64. The third-order valence-electron chi connectivity index (χ3n) is 5.53. The van der Waals surface area contributed by atoms with Crippen LogP contribution in [0.25, 0.3) is 5.57 Å². The van der Waals surface area contributed by atoms with E-state index in [1.54, 1.807) is 14.2 Å². The van der Waals surface area contributed by atoms with E-state index < -0.39 is 5.79 Å². The van der Waals surface area contributed by atoms with Crippen molar-refractivity contribution in [3.05, 3.63) is 52.1 Å². The summed E-state index contributed by atoms with van der Waals surface area (Å²) in [4.78, 5) is 12.8. The Morgan fingerprint density at radius 3 is 2.50 bits per heavy atom. The minimum absolute atomic E-state index is 0.0431. The van der Waals surface area contributed by atoms with E-state index in [1.807, 2.05) is 6.07 Å². The maximum Gasteiger partial charge on any atom is 0.258 e. The molecule has 0 aromatic heterocycles. The van der Waals surface area contributed by atoms with Crippen molar-refractivity contribution >= 4 is 11.4 Å². The van der Waals surface area contributed by atoms with E-state index in [0.717, 1.165) is 23.1 Å². The molecule has 1 fully saturated rings. The van der Waals surface area contributed by atoms with Crippen molar-refractivity contribution in [2.24, 2.45) is 5.92 Å². The van der Waals surface area contributed by atoms with Gasteiger partial charge in [0, 0.05) is 31.3 Å². The number of carbonyl (C=O) groups is 1. The molecule has 3 nitrogen and oxygen atoms in total. The number of ketones is 1. The second-order valence-corrected chi connectivity index (χ2v) is 6.54. The lowest BCUT2D eigenvalue weighted by atomic mass is 9.51. The normalized spacial score (nSPS) is 27.5. The zero-order chi connectivity index (χ0) is 15.6. The predicted octanol–water partition coefficient (Wildman–Crippen LogP) is 3.47. The molecule has 0 radical (unpaired) electrons. The molecule has 114 valence electrons. The van der Waals surface area contributed by atoms with Gasteiger partial charge in [-0.15, -0.1) is 0 Å². The molecule has 0 heterocycles. The van der Waals surface area contributed by atoms with Crippen molar-refractivity contribution in [3.63, 3.8) is 0 Å². The maximum atomic E-state index is 12.8. The monoisotopic (exact) mass is 296 g/mol. The molecule has 2 unspecified atom stereocenters. The first-order valence-electron chi connectivity index (χ1n) is 7.72. The summed E-state index contributed by atoms with van der Waals surface area (Å²) in [5, 5.41) is 0. The first-order chi connectivity index (χ1) is 10.6. The fraction of sp³-hybridized carbons (Fsp3) is 0.421. The van der Waals surface area contributed by atoms with Crippen molar-refractivity contribution < 1.29 is 14.3 Å². The Bertz CT molecular complexity index is 746. The number of methoxy groups -OCH3 is 2. The Hall–Kier alpha value is -1.71. The topological polar surface area (TPSA) is 35.5 Å². The van der Waals surface area contributed by atoms with Crippen LogP contribution in [0, 0.1) is 5.92 Å². The van der Waals surface area contributed by atoms with Gasteiger partial charge in [-0.2, -0.15) is 0 Å². The molecular formula is C19H20O3. The van der Waals surface area contributed by atoms with Crippen LogP contribution < -0.4 is 0 Å². The Kier molecular flexibility index (Phi) is 2.78. The van der Waals surface area contributed by atoms with Gasteiger partial charge in [-0.3, -0.25) is 4.79 Å². The number of fused-ring (bicyclic) bond motifs is 5. The molecule has 0 bridgehead atoms. The number of carbonyl (C=O) groups excluding carboxylic acids is 1. The van der Waals surface area contributed by atoms with E-state index >= 15 is 0 Å². The molecule has 3 aliphatic rings.